The first-order valence-electron chi connectivity index (χ1n) is 5.26. The molecule has 1 aromatic heterocycles. The lowest BCUT2D eigenvalue weighted by atomic mass is 10.0. The molecule has 17 heavy (non-hydrogen) atoms. The average molecular weight is 296 g/mol. The van der Waals surface area contributed by atoms with Gasteiger partial charge >= 0.3 is 0 Å². The molecule has 0 aliphatic carbocycles. The molecule has 1 aromatic carbocycles. The largest absolute Gasteiger partial charge is 0.497 e. The van der Waals surface area contributed by atoms with Crippen LogP contribution in [0.5, 0.6) is 5.75 Å². The quantitative estimate of drug-likeness (QED) is 0.944. The summed E-state index contributed by atoms with van der Waals surface area (Å²) >= 11 is 3.51. The lowest BCUT2D eigenvalue weighted by Gasteiger charge is -2.14. The van der Waals surface area contributed by atoms with E-state index in [0.29, 0.717) is 0 Å². The van der Waals surface area contributed by atoms with Gasteiger partial charge in [0.25, 0.3) is 0 Å². The van der Waals surface area contributed by atoms with Crippen molar-refractivity contribution in [3.8, 4) is 5.75 Å². The number of aryl methyl sites for hydroxylation is 1. The highest BCUT2D eigenvalue weighted by molar-refractivity contribution is 9.10. The summed E-state index contributed by atoms with van der Waals surface area (Å²) < 4.78 is 11.4. The van der Waals surface area contributed by atoms with Crippen molar-refractivity contribution >= 4 is 15.9 Å². The summed E-state index contributed by atoms with van der Waals surface area (Å²) in [6.45, 7) is 1.91. The predicted molar refractivity (Wildman–Crippen MR) is 70.2 cm³/mol. The molecule has 0 fully saturated rings. The molecule has 0 saturated carbocycles. The molecule has 0 spiro atoms. The van der Waals surface area contributed by atoms with Crippen molar-refractivity contribution in [1.29, 1.82) is 0 Å². The Balaban J connectivity index is 2.38. The van der Waals surface area contributed by atoms with E-state index in [1.54, 1.807) is 13.4 Å². The van der Waals surface area contributed by atoms with Gasteiger partial charge in [0.2, 0.25) is 0 Å². The molecule has 2 aromatic rings. The first-order valence-corrected chi connectivity index (χ1v) is 6.05. The minimum Gasteiger partial charge on any atom is -0.497 e. The van der Waals surface area contributed by atoms with Gasteiger partial charge in [-0.15, -0.1) is 0 Å². The third kappa shape index (κ3) is 2.37. The molecule has 1 heterocycles. The van der Waals surface area contributed by atoms with Gasteiger partial charge in [0.05, 0.1) is 19.4 Å². The SMILES string of the molecule is COc1ccc(C(N)c2ccoc2C)c(Br)c1. The number of halogens is 1. The maximum atomic E-state index is 6.22. The molecule has 0 aliphatic rings. The van der Waals surface area contributed by atoms with Crippen molar-refractivity contribution in [2.45, 2.75) is 13.0 Å². The molecule has 0 amide bonds. The standard InChI is InChI=1S/C13H14BrNO2/c1-8-10(5-6-17-8)13(15)11-4-3-9(16-2)7-12(11)14/h3-7,13H,15H2,1-2H3. The second-order valence-electron chi connectivity index (χ2n) is 3.80. The van der Waals surface area contributed by atoms with Gasteiger partial charge in [-0.1, -0.05) is 22.0 Å². The van der Waals surface area contributed by atoms with Gasteiger partial charge in [0, 0.05) is 10.0 Å². The first kappa shape index (κ1) is 12.2. The van der Waals surface area contributed by atoms with E-state index in [4.69, 9.17) is 14.9 Å². The topological polar surface area (TPSA) is 48.4 Å². The second kappa shape index (κ2) is 4.94. The van der Waals surface area contributed by atoms with Gasteiger partial charge in [-0.25, -0.2) is 0 Å². The number of rotatable bonds is 3. The molecule has 4 heteroatoms. The zero-order chi connectivity index (χ0) is 12.4. The Hall–Kier alpha value is -1.26. The first-order chi connectivity index (χ1) is 8.13. The summed E-state index contributed by atoms with van der Waals surface area (Å²) in [4.78, 5) is 0. The van der Waals surface area contributed by atoms with Crippen LogP contribution < -0.4 is 10.5 Å². The molecule has 0 aliphatic heterocycles. The number of methoxy groups -OCH3 is 1. The zero-order valence-corrected chi connectivity index (χ0v) is 11.3. The molecule has 0 bridgehead atoms. The number of nitrogens with two attached hydrogens (primary N) is 1. The maximum absolute atomic E-state index is 6.22. The van der Waals surface area contributed by atoms with E-state index < -0.39 is 0 Å². The number of furan rings is 1. The van der Waals surface area contributed by atoms with Crippen molar-refractivity contribution in [1.82, 2.24) is 0 Å². The minimum absolute atomic E-state index is 0.200. The van der Waals surface area contributed by atoms with Crippen LogP contribution in [0, 0.1) is 6.92 Å². The van der Waals surface area contributed by atoms with Crippen LogP contribution in [0.3, 0.4) is 0 Å². The third-order valence-electron chi connectivity index (χ3n) is 2.78. The highest BCUT2D eigenvalue weighted by Gasteiger charge is 2.16. The second-order valence-corrected chi connectivity index (χ2v) is 4.65. The third-order valence-corrected chi connectivity index (χ3v) is 3.46. The molecule has 1 unspecified atom stereocenters. The summed E-state index contributed by atoms with van der Waals surface area (Å²) in [7, 11) is 1.64. The minimum atomic E-state index is -0.200. The number of hydrogen-bond acceptors (Lipinski definition) is 3. The van der Waals surface area contributed by atoms with Gasteiger partial charge in [-0.2, -0.15) is 0 Å². The highest BCUT2D eigenvalue weighted by atomic mass is 79.9. The monoisotopic (exact) mass is 295 g/mol. The van der Waals surface area contributed by atoms with Crippen LogP contribution in [0.4, 0.5) is 0 Å². The van der Waals surface area contributed by atoms with E-state index in [1.165, 1.54) is 0 Å². The van der Waals surface area contributed by atoms with Crippen LogP contribution >= 0.6 is 15.9 Å². The fraction of sp³-hybridized carbons (Fsp3) is 0.231. The Morgan fingerprint density at radius 1 is 1.29 bits per heavy atom. The average Bonchev–Trinajstić information content (AvgIpc) is 2.74. The van der Waals surface area contributed by atoms with Crippen molar-refractivity contribution in [2.24, 2.45) is 5.73 Å². The fourth-order valence-electron chi connectivity index (χ4n) is 1.77. The van der Waals surface area contributed by atoms with Gasteiger partial charge in [0.1, 0.15) is 11.5 Å². The van der Waals surface area contributed by atoms with Gasteiger partial charge in [-0.05, 0) is 30.7 Å². The van der Waals surface area contributed by atoms with E-state index in [1.807, 2.05) is 31.2 Å². The summed E-state index contributed by atoms with van der Waals surface area (Å²) in [6, 6.07) is 7.46. The van der Waals surface area contributed by atoms with Crippen LogP contribution in [-0.4, -0.2) is 7.11 Å². The molecule has 0 saturated heterocycles. The molecule has 2 N–H and O–H groups in total. The molecule has 1 atom stereocenters. The fourth-order valence-corrected chi connectivity index (χ4v) is 2.38. The van der Waals surface area contributed by atoms with E-state index in [9.17, 15) is 0 Å². The molecular formula is C13H14BrNO2. The maximum Gasteiger partial charge on any atom is 0.120 e. The van der Waals surface area contributed by atoms with Gasteiger partial charge in [-0.3, -0.25) is 0 Å². The molecule has 0 radical (unpaired) electrons. The summed E-state index contributed by atoms with van der Waals surface area (Å²) in [5.41, 5.74) is 8.23. The molecule has 2 rings (SSSR count). The Bertz CT molecular complexity index is 522. The van der Waals surface area contributed by atoms with Crippen molar-refractivity contribution in [2.75, 3.05) is 7.11 Å². The summed E-state index contributed by atoms with van der Waals surface area (Å²) in [6.07, 6.45) is 1.65. The Labute approximate surface area is 109 Å². The highest BCUT2D eigenvalue weighted by Crippen LogP contribution is 2.31. The summed E-state index contributed by atoms with van der Waals surface area (Å²) in [5.74, 6) is 1.65. The Morgan fingerprint density at radius 2 is 2.06 bits per heavy atom. The van der Waals surface area contributed by atoms with Crippen LogP contribution in [0.15, 0.2) is 39.4 Å². The lowest BCUT2D eigenvalue weighted by Crippen LogP contribution is -2.12. The van der Waals surface area contributed by atoms with Crippen LogP contribution in [-0.2, 0) is 0 Å². The molecular weight excluding hydrogens is 282 g/mol. The summed E-state index contributed by atoms with van der Waals surface area (Å²) in [5, 5.41) is 0. The number of benzene rings is 1. The lowest BCUT2D eigenvalue weighted by molar-refractivity contribution is 0.414. The van der Waals surface area contributed by atoms with Gasteiger partial charge in [0.15, 0.2) is 0 Å². The molecule has 90 valence electrons. The van der Waals surface area contributed by atoms with Crippen molar-refractivity contribution in [3.05, 3.63) is 51.9 Å². The van der Waals surface area contributed by atoms with E-state index >= 15 is 0 Å². The Kier molecular flexibility index (Phi) is 3.54. The smallest absolute Gasteiger partial charge is 0.120 e. The van der Waals surface area contributed by atoms with Crippen LogP contribution in [0.2, 0.25) is 0 Å². The van der Waals surface area contributed by atoms with Gasteiger partial charge < -0.3 is 14.9 Å². The number of ether oxygens (including phenoxy) is 1. The Morgan fingerprint density at radius 3 is 2.59 bits per heavy atom. The van der Waals surface area contributed by atoms with Crippen LogP contribution in [0.25, 0.3) is 0 Å². The van der Waals surface area contributed by atoms with E-state index in [0.717, 1.165) is 27.1 Å². The van der Waals surface area contributed by atoms with Crippen molar-refractivity contribution in [3.63, 3.8) is 0 Å². The van der Waals surface area contributed by atoms with Crippen molar-refractivity contribution < 1.29 is 9.15 Å². The predicted octanol–water partition coefficient (Wildman–Crippen LogP) is 3.41. The normalized spacial score (nSPS) is 12.5. The van der Waals surface area contributed by atoms with E-state index in [-0.39, 0.29) is 6.04 Å². The number of hydrogen-bond donors (Lipinski definition) is 1. The van der Waals surface area contributed by atoms with Crippen LogP contribution in [0.1, 0.15) is 22.9 Å². The van der Waals surface area contributed by atoms with E-state index in [2.05, 4.69) is 15.9 Å². The molecule has 3 nitrogen and oxygen atoms in total. The zero-order valence-electron chi connectivity index (χ0n) is 9.74.